The van der Waals surface area contributed by atoms with Crippen LogP contribution in [0.1, 0.15) is 5.56 Å². The van der Waals surface area contributed by atoms with E-state index in [9.17, 15) is 9.59 Å². The lowest BCUT2D eigenvalue weighted by Crippen LogP contribution is -2.20. The first-order chi connectivity index (χ1) is 8.58. The van der Waals surface area contributed by atoms with Gasteiger partial charge in [0.1, 0.15) is 5.69 Å². The van der Waals surface area contributed by atoms with E-state index in [2.05, 4.69) is 15.0 Å². The molecule has 7 heteroatoms. The summed E-state index contributed by atoms with van der Waals surface area (Å²) in [7, 11) is 0. The Kier molecular flexibility index (Phi) is 3.64. The van der Waals surface area contributed by atoms with Crippen molar-refractivity contribution in [3.8, 4) is 0 Å². The van der Waals surface area contributed by atoms with E-state index >= 15 is 0 Å². The van der Waals surface area contributed by atoms with Crippen molar-refractivity contribution in [2.75, 3.05) is 0 Å². The van der Waals surface area contributed by atoms with Crippen LogP contribution in [0.25, 0.3) is 0 Å². The standard InChI is InChI=1S/C11H7Cl2N3O2/c12-7-2-1-3-8(13)6(7)4-14-9-5-15-11(18)16-10(9)17/h1-5H,(H2,15,16,17,18). The number of nitrogens with zero attached hydrogens (tertiary/aromatic N) is 1. The Morgan fingerprint density at radius 3 is 2.44 bits per heavy atom. The molecule has 2 N–H and O–H groups in total. The topological polar surface area (TPSA) is 78.1 Å². The highest BCUT2D eigenvalue weighted by Gasteiger charge is 2.03. The third kappa shape index (κ3) is 2.69. The highest BCUT2D eigenvalue weighted by atomic mass is 35.5. The molecule has 18 heavy (non-hydrogen) atoms. The molecule has 1 heterocycles. The summed E-state index contributed by atoms with van der Waals surface area (Å²) in [5.41, 5.74) is -0.607. The van der Waals surface area contributed by atoms with Crippen molar-refractivity contribution in [3.63, 3.8) is 0 Å². The molecular formula is C11H7Cl2N3O2. The van der Waals surface area contributed by atoms with Crippen LogP contribution in [0, 0.1) is 0 Å². The summed E-state index contributed by atoms with van der Waals surface area (Å²) >= 11 is 11.9. The largest absolute Gasteiger partial charge is 0.325 e. The Hall–Kier alpha value is -1.85. The van der Waals surface area contributed by atoms with E-state index in [4.69, 9.17) is 23.2 Å². The quantitative estimate of drug-likeness (QED) is 0.828. The van der Waals surface area contributed by atoms with Gasteiger partial charge >= 0.3 is 5.69 Å². The predicted molar refractivity (Wildman–Crippen MR) is 71.4 cm³/mol. The summed E-state index contributed by atoms with van der Waals surface area (Å²) < 4.78 is 0. The predicted octanol–water partition coefficient (Wildman–Crippen LogP) is 2.12. The Morgan fingerprint density at radius 2 is 1.83 bits per heavy atom. The van der Waals surface area contributed by atoms with Crippen molar-refractivity contribution in [2.45, 2.75) is 0 Å². The molecule has 0 saturated carbocycles. The van der Waals surface area contributed by atoms with Gasteiger partial charge in [-0.25, -0.2) is 9.79 Å². The zero-order valence-electron chi connectivity index (χ0n) is 8.91. The molecule has 0 unspecified atom stereocenters. The fourth-order valence-electron chi connectivity index (χ4n) is 1.27. The van der Waals surface area contributed by atoms with Crippen LogP contribution in [0.5, 0.6) is 0 Å². The molecule has 0 atom stereocenters. The van der Waals surface area contributed by atoms with Gasteiger partial charge < -0.3 is 4.98 Å². The molecule has 1 aromatic carbocycles. The number of nitrogens with one attached hydrogen (secondary N) is 2. The summed E-state index contributed by atoms with van der Waals surface area (Å²) in [6.45, 7) is 0. The average molecular weight is 284 g/mol. The van der Waals surface area contributed by atoms with E-state index in [-0.39, 0.29) is 5.69 Å². The highest BCUT2D eigenvalue weighted by molar-refractivity contribution is 6.38. The maximum Gasteiger partial charge on any atom is 0.325 e. The molecule has 2 rings (SSSR count). The van der Waals surface area contributed by atoms with Gasteiger partial charge in [0.25, 0.3) is 5.56 Å². The van der Waals surface area contributed by atoms with E-state index in [1.807, 2.05) is 0 Å². The van der Waals surface area contributed by atoms with Gasteiger partial charge in [0.05, 0.1) is 10.0 Å². The summed E-state index contributed by atoms with van der Waals surface area (Å²) in [6.07, 6.45) is 2.58. The van der Waals surface area contributed by atoms with Crippen molar-refractivity contribution in [2.24, 2.45) is 4.99 Å². The maximum absolute atomic E-state index is 11.4. The normalized spacial score (nSPS) is 11.0. The fourth-order valence-corrected chi connectivity index (χ4v) is 1.76. The lowest BCUT2D eigenvalue weighted by Gasteiger charge is -1.99. The first-order valence-corrected chi connectivity index (χ1v) is 5.63. The minimum absolute atomic E-state index is 0.0607. The maximum atomic E-state index is 11.4. The van der Waals surface area contributed by atoms with E-state index in [1.54, 1.807) is 18.2 Å². The number of H-pyrrole nitrogens is 2. The highest BCUT2D eigenvalue weighted by Crippen LogP contribution is 2.22. The van der Waals surface area contributed by atoms with E-state index in [0.29, 0.717) is 15.6 Å². The third-order valence-electron chi connectivity index (χ3n) is 2.13. The van der Waals surface area contributed by atoms with E-state index in [1.165, 1.54) is 12.4 Å². The fraction of sp³-hybridized carbons (Fsp3) is 0. The van der Waals surface area contributed by atoms with Crippen LogP contribution in [0.15, 0.2) is 39.0 Å². The molecule has 0 saturated heterocycles. The van der Waals surface area contributed by atoms with Crippen LogP contribution in [0.4, 0.5) is 5.69 Å². The summed E-state index contributed by atoms with van der Waals surface area (Å²) in [6, 6.07) is 5.02. The van der Waals surface area contributed by atoms with E-state index in [0.717, 1.165) is 0 Å². The van der Waals surface area contributed by atoms with Crippen LogP contribution < -0.4 is 11.2 Å². The van der Waals surface area contributed by atoms with Gasteiger partial charge in [-0.15, -0.1) is 0 Å². The Morgan fingerprint density at radius 1 is 1.17 bits per heavy atom. The van der Waals surface area contributed by atoms with Gasteiger partial charge in [-0.1, -0.05) is 29.3 Å². The number of hydrogen-bond acceptors (Lipinski definition) is 3. The number of hydrogen-bond donors (Lipinski definition) is 2. The molecule has 0 amide bonds. The van der Waals surface area contributed by atoms with Crippen molar-refractivity contribution in [1.29, 1.82) is 0 Å². The molecule has 2 aromatic rings. The second-order valence-electron chi connectivity index (χ2n) is 3.35. The molecular weight excluding hydrogens is 277 g/mol. The summed E-state index contributed by atoms with van der Waals surface area (Å²) in [5.74, 6) is 0. The zero-order valence-corrected chi connectivity index (χ0v) is 10.4. The molecule has 0 fully saturated rings. The first-order valence-electron chi connectivity index (χ1n) is 4.88. The number of benzene rings is 1. The van der Waals surface area contributed by atoms with Crippen molar-refractivity contribution in [3.05, 3.63) is 60.8 Å². The van der Waals surface area contributed by atoms with Crippen LogP contribution >= 0.6 is 23.2 Å². The van der Waals surface area contributed by atoms with Gasteiger partial charge in [-0.3, -0.25) is 9.78 Å². The third-order valence-corrected chi connectivity index (χ3v) is 2.79. The zero-order chi connectivity index (χ0) is 13.1. The molecule has 0 aliphatic carbocycles. The minimum Gasteiger partial charge on any atom is -0.312 e. The van der Waals surface area contributed by atoms with Crippen molar-refractivity contribution >= 4 is 35.1 Å². The van der Waals surface area contributed by atoms with Gasteiger partial charge in [0.15, 0.2) is 0 Å². The van der Waals surface area contributed by atoms with Gasteiger partial charge in [-0.05, 0) is 12.1 Å². The van der Waals surface area contributed by atoms with Gasteiger partial charge in [0, 0.05) is 18.0 Å². The second-order valence-corrected chi connectivity index (χ2v) is 4.17. The molecule has 92 valence electrons. The minimum atomic E-state index is -0.588. The first kappa shape index (κ1) is 12.6. The number of halogens is 2. The molecule has 5 nitrogen and oxygen atoms in total. The number of rotatable bonds is 2. The molecule has 0 aliphatic rings. The Balaban J connectivity index is 2.42. The van der Waals surface area contributed by atoms with Crippen LogP contribution in [-0.4, -0.2) is 16.2 Å². The van der Waals surface area contributed by atoms with Crippen molar-refractivity contribution < 1.29 is 0 Å². The summed E-state index contributed by atoms with van der Waals surface area (Å²) in [4.78, 5) is 30.5. The Labute approximate surface area is 111 Å². The average Bonchev–Trinajstić information content (AvgIpc) is 2.31. The molecule has 0 radical (unpaired) electrons. The smallest absolute Gasteiger partial charge is 0.312 e. The van der Waals surface area contributed by atoms with Gasteiger partial charge in [0.2, 0.25) is 0 Å². The van der Waals surface area contributed by atoms with Crippen LogP contribution in [0.3, 0.4) is 0 Å². The van der Waals surface area contributed by atoms with E-state index < -0.39 is 11.2 Å². The number of aromatic nitrogens is 2. The Bertz CT molecular complexity index is 698. The van der Waals surface area contributed by atoms with Crippen LogP contribution in [0.2, 0.25) is 10.0 Å². The lowest BCUT2D eigenvalue weighted by molar-refractivity contribution is 1.03. The molecule has 1 aromatic heterocycles. The monoisotopic (exact) mass is 283 g/mol. The molecule has 0 spiro atoms. The van der Waals surface area contributed by atoms with Crippen molar-refractivity contribution in [1.82, 2.24) is 9.97 Å². The SMILES string of the molecule is O=c1[nH]cc(N=Cc2c(Cl)cccc2Cl)c(=O)[nH]1. The molecule has 0 bridgehead atoms. The lowest BCUT2D eigenvalue weighted by atomic mass is 10.2. The molecule has 0 aliphatic heterocycles. The number of aliphatic imine (C=N–C) groups is 1. The second kappa shape index (κ2) is 5.20. The number of aromatic amines is 2. The van der Waals surface area contributed by atoms with Crippen LogP contribution in [-0.2, 0) is 0 Å². The van der Waals surface area contributed by atoms with Gasteiger partial charge in [-0.2, -0.15) is 0 Å². The summed E-state index contributed by atoms with van der Waals surface area (Å²) in [5, 5.41) is 0.846.